The van der Waals surface area contributed by atoms with Gasteiger partial charge in [-0.15, -0.1) is 11.8 Å². The van der Waals surface area contributed by atoms with Crippen LogP contribution in [-0.2, 0) is 34.2 Å². The first-order valence-corrected chi connectivity index (χ1v) is 15.6. The zero-order valence-corrected chi connectivity index (χ0v) is 23.3. The van der Waals surface area contributed by atoms with Gasteiger partial charge in [0, 0.05) is 62.5 Å². The predicted octanol–water partition coefficient (Wildman–Crippen LogP) is 2.64. The number of amides is 1. The van der Waals surface area contributed by atoms with E-state index in [0.717, 1.165) is 17.5 Å². The molecule has 1 aliphatic rings. The molecule has 1 N–H and O–H groups in total. The summed E-state index contributed by atoms with van der Waals surface area (Å²) in [6, 6.07) is 14.2. The van der Waals surface area contributed by atoms with Crippen molar-refractivity contribution in [2.75, 3.05) is 45.2 Å². The van der Waals surface area contributed by atoms with Crippen LogP contribution in [0.1, 0.15) is 16.8 Å². The molecule has 204 valence electrons. The molecule has 1 aromatic heterocycles. The lowest BCUT2D eigenvalue weighted by Crippen LogP contribution is -2.60. The molecular formula is C27H34FN5O3S2. The lowest BCUT2D eigenvalue weighted by atomic mass is 10.1. The Morgan fingerprint density at radius 2 is 1.89 bits per heavy atom. The summed E-state index contributed by atoms with van der Waals surface area (Å²) in [5.41, 5.74) is 2.75. The van der Waals surface area contributed by atoms with Crippen molar-refractivity contribution in [3.8, 4) is 0 Å². The summed E-state index contributed by atoms with van der Waals surface area (Å²) in [6.45, 7) is 2.55. The third-order valence-corrected chi connectivity index (χ3v) is 8.82. The number of halogens is 1. The number of aromatic nitrogens is 2. The van der Waals surface area contributed by atoms with Crippen LogP contribution in [0.15, 0.2) is 66.0 Å². The molecule has 0 bridgehead atoms. The van der Waals surface area contributed by atoms with E-state index in [9.17, 15) is 17.6 Å². The fourth-order valence-corrected chi connectivity index (χ4v) is 6.12. The van der Waals surface area contributed by atoms with E-state index in [2.05, 4.69) is 34.6 Å². The fraction of sp³-hybridized carbons (Fsp3) is 0.407. The highest BCUT2D eigenvalue weighted by Crippen LogP contribution is 2.17. The molecule has 8 nitrogen and oxygen atoms in total. The second kappa shape index (κ2) is 12.9. The number of thioether (sulfide) groups is 1. The van der Waals surface area contributed by atoms with Gasteiger partial charge in [0.25, 0.3) is 0 Å². The standard InChI is InChI=1S/C27H34FN5O3S2/c1-37-24-9-7-21(8-10-24)18-32-20-29-17-23(32)11-13-30-27(34)26-19-31(15-16-33(26)38(2,35)36)14-12-22-5-3-4-6-25(22)28/h3-10,17,20,26H,11-16,18-19H2,1-2H3,(H,30,34). The van der Waals surface area contributed by atoms with E-state index in [1.807, 2.05) is 15.7 Å². The van der Waals surface area contributed by atoms with Crippen LogP contribution in [0.2, 0.25) is 0 Å². The van der Waals surface area contributed by atoms with Crippen molar-refractivity contribution in [1.29, 1.82) is 0 Å². The lowest BCUT2D eigenvalue weighted by molar-refractivity contribution is -0.126. The van der Waals surface area contributed by atoms with Crippen LogP contribution in [0.3, 0.4) is 0 Å². The van der Waals surface area contributed by atoms with Crippen LogP contribution in [-0.4, -0.2) is 84.4 Å². The Hall–Kier alpha value is -2.73. The van der Waals surface area contributed by atoms with Gasteiger partial charge < -0.3 is 9.88 Å². The molecular weight excluding hydrogens is 525 g/mol. The van der Waals surface area contributed by atoms with Gasteiger partial charge >= 0.3 is 0 Å². The van der Waals surface area contributed by atoms with Gasteiger partial charge in [0.2, 0.25) is 15.9 Å². The molecule has 3 aromatic rings. The Balaban J connectivity index is 1.34. The van der Waals surface area contributed by atoms with E-state index in [0.29, 0.717) is 44.6 Å². The van der Waals surface area contributed by atoms with Gasteiger partial charge in [-0.2, -0.15) is 4.31 Å². The Morgan fingerprint density at radius 1 is 1.13 bits per heavy atom. The Kier molecular flexibility index (Phi) is 9.59. The van der Waals surface area contributed by atoms with Crippen molar-refractivity contribution in [1.82, 2.24) is 24.1 Å². The normalized spacial score (nSPS) is 17.0. The summed E-state index contributed by atoms with van der Waals surface area (Å²) in [4.78, 5) is 20.7. The molecule has 0 radical (unpaired) electrons. The van der Waals surface area contributed by atoms with Gasteiger partial charge in [-0.05, 0) is 42.0 Å². The van der Waals surface area contributed by atoms with Crippen LogP contribution in [0.5, 0.6) is 0 Å². The second-order valence-electron chi connectivity index (χ2n) is 9.43. The molecule has 11 heteroatoms. The first-order chi connectivity index (χ1) is 18.2. The topological polar surface area (TPSA) is 87.5 Å². The number of piperazine rings is 1. The van der Waals surface area contributed by atoms with Crippen LogP contribution in [0, 0.1) is 5.82 Å². The van der Waals surface area contributed by atoms with Crippen LogP contribution in [0.4, 0.5) is 4.39 Å². The maximum atomic E-state index is 14.0. The number of sulfonamides is 1. The van der Waals surface area contributed by atoms with E-state index in [4.69, 9.17) is 0 Å². The number of benzene rings is 2. The largest absolute Gasteiger partial charge is 0.354 e. The first kappa shape index (κ1) is 28.3. The molecule has 2 heterocycles. The molecule has 1 saturated heterocycles. The second-order valence-corrected chi connectivity index (χ2v) is 12.2. The third kappa shape index (κ3) is 7.43. The highest BCUT2D eigenvalue weighted by Gasteiger charge is 2.37. The number of hydrogen-bond donors (Lipinski definition) is 1. The van der Waals surface area contributed by atoms with Crippen LogP contribution < -0.4 is 5.32 Å². The molecule has 0 aliphatic carbocycles. The van der Waals surface area contributed by atoms with Crippen molar-refractivity contribution in [2.24, 2.45) is 0 Å². The van der Waals surface area contributed by atoms with Gasteiger partial charge in [0.1, 0.15) is 11.9 Å². The summed E-state index contributed by atoms with van der Waals surface area (Å²) in [5, 5.41) is 2.93. The minimum absolute atomic E-state index is 0.219. The summed E-state index contributed by atoms with van der Waals surface area (Å²) in [6.07, 6.45) is 7.80. The average molecular weight is 560 g/mol. The minimum Gasteiger partial charge on any atom is -0.354 e. The maximum Gasteiger partial charge on any atom is 0.239 e. The fourth-order valence-electron chi connectivity index (χ4n) is 4.67. The van der Waals surface area contributed by atoms with E-state index in [-0.39, 0.29) is 24.8 Å². The van der Waals surface area contributed by atoms with Crippen LogP contribution in [0.25, 0.3) is 0 Å². The quantitative estimate of drug-likeness (QED) is 0.364. The van der Waals surface area contributed by atoms with Crippen LogP contribution >= 0.6 is 11.8 Å². The number of nitrogens with zero attached hydrogens (tertiary/aromatic N) is 4. The van der Waals surface area contributed by atoms with Gasteiger partial charge in [-0.3, -0.25) is 9.69 Å². The molecule has 38 heavy (non-hydrogen) atoms. The smallest absolute Gasteiger partial charge is 0.239 e. The van der Waals surface area contributed by atoms with E-state index in [1.54, 1.807) is 42.5 Å². The molecule has 1 fully saturated rings. The van der Waals surface area contributed by atoms with E-state index < -0.39 is 16.1 Å². The Labute approximate surface area is 228 Å². The molecule has 2 aromatic carbocycles. The van der Waals surface area contributed by atoms with Crippen molar-refractivity contribution in [3.05, 3.63) is 83.7 Å². The highest BCUT2D eigenvalue weighted by atomic mass is 32.2. The van der Waals surface area contributed by atoms with Crippen molar-refractivity contribution in [3.63, 3.8) is 0 Å². The number of hydrogen-bond acceptors (Lipinski definition) is 6. The summed E-state index contributed by atoms with van der Waals surface area (Å²) < 4.78 is 42.2. The van der Waals surface area contributed by atoms with Gasteiger partial charge in [-0.1, -0.05) is 30.3 Å². The number of carbonyl (C=O) groups is 1. The molecule has 1 atom stereocenters. The number of imidazole rings is 1. The third-order valence-electron chi connectivity index (χ3n) is 6.79. The monoisotopic (exact) mass is 559 g/mol. The van der Waals surface area contributed by atoms with Crippen molar-refractivity contribution >= 4 is 27.7 Å². The zero-order valence-electron chi connectivity index (χ0n) is 21.7. The van der Waals surface area contributed by atoms with E-state index in [1.165, 1.54) is 15.3 Å². The lowest BCUT2D eigenvalue weighted by Gasteiger charge is -2.39. The maximum absolute atomic E-state index is 14.0. The van der Waals surface area contributed by atoms with Gasteiger partial charge in [-0.25, -0.2) is 17.8 Å². The minimum atomic E-state index is -3.56. The molecule has 1 unspecified atom stereocenters. The van der Waals surface area contributed by atoms with Crippen molar-refractivity contribution in [2.45, 2.75) is 30.3 Å². The first-order valence-electron chi connectivity index (χ1n) is 12.6. The summed E-state index contributed by atoms with van der Waals surface area (Å²) in [7, 11) is -3.56. The number of rotatable bonds is 11. The average Bonchev–Trinajstić information content (AvgIpc) is 3.34. The van der Waals surface area contributed by atoms with Crippen molar-refractivity contribution < 1.29 is 17.6 Å². The van der Waals surface area contributed by atoms with Gasteiger partial charge in [0.05, 0.1) is 12.6 Å². The molecule has 0 saturated carbocycles. The number of carbonyl (C=O) groups excluding carboxylic acids is 1. The highest BCUT2D eigenvalue weighted by molar-refractivity contribution is 7.98. The Bertz CT molecular complexity index is 1330. The molecule has 1 amide bonds. The molecule has 4 rings (SSSR count). The number of nitrogens with one attached hydrogen (secondary N) is 1. The van der Waals surface area contributed by atoms with E-state index >= 15 is 0 Å². The Morgan fingerprint density at radius 3 is 2.61 bits per heavy atom. The summed E-state index contributed by atoms with van der Waals surface area (Å²) >= 11 is 1.70. The molecule has 0 spiro atoms. The van der Waals surface area contributed by atoms with Gasteiger partial charge in [0.15, 0.2) is 0 Å². The molecule has 1 aliphatic heterocycles. The summed E-state index contributed by atoms with van der Waals surface area (Å²) in [5.74, 6) is -0.586. The zero-order chi connectivity index (χ0) is 27.1. The SMILES string of the molecule is CSc1ccc(Cn2cncc2CCNC(=O)C2CN(CCc3ccccc3F)CCN2S(C)(=O)=O)cc1. The predicted molar refractivity (Wildman–Crippen MR) is 148 cm³/mol.